The highest BCUT2D eigenvalue weighted by molar-refractivity contribution is 7.96. The van der Waals surface area contributed by atoms with Gasteiger partial charge < -0.3 is 4.90 Å². The van der Waals surface area contributed by atoms with Crippen LogP contribution >= 0.6 is 23.5 Å². The third-order valence-corrected chi connectivity index (χ3v) is 3.79. The lowest BCUT2D eigenvalue weighted by atomic mass is 10.2. The number of rotatable bonds is 2. The van der Waals surface area contributed by atoms with Crippen molar-refractivity contribution >= 4 is 29.2 Å². The van der Waals surface area contributed by atoms with E-state index in [1.165, 1.54) is 5.69 Å². The monoisotopic (exact) mass is 242 g/mol. The van der Waals surface area contributed by atoms with E-state index in [0.717, 1.165) is 31.2 Å². The lowest BCUT2D eigenvalue weighted by Crippen LogP contribution is -2.43. The van der Waals surface area contributed by atoms with Gasteiger partial charge in [0.1, 0.15) is 0 Å². The normalized spacial score (nSPS) is 18.1. The molecule has 0 radical (unpaired) electrons. The van der Waals surface area contributed by atoms with E-state index in [0.29, 0.717) is 0 Å². The zero-order chi connectivity index (χ0) is 10.7. The van der Waals surface area contributed by atoms with Crippen molar-refractivity contribution in [2.75, 3.05) is 37.3 Å². The molecule has 0 aliphatic carbocycles. The van der Waals surface area contributed by atoms with Crippen molar-refractivity contribution in [3.8, 4) is 0 Å². The standard InChI is InChI=1S/C11H15ClN2S/c1-15-14-7-5-13(6-8-14)11-4-2-3-10(12)9-11/h2-4,9H,5-8H2,1H3. The smallest absolute Gasteiger partial charge is 0.0426 e. The Morgan fingerprint density at radius 1 is 1.20 bits per heavy atom. The Bertz CT molecular complexity index is 324. The van der Waals surface area contributed by atoms with E-state index in [2.05, 4.69) is 21.5 Å². The van der Waals surface area contributed by atoms with Crippen LogP contribution in [0, 0.1) is 0 Å². The summed E-state index contributed by atoms with van der Waals surface area (Å²) in [6.07, 6.45) is 2.13. The Hall–Kier alpha value is -0.380. The van der Waals surface area contributed by atoms with E-state index in [4.69, 9.17) is 11.6 Å². The molecule has 4 heteroatoms. The molecule has 1 aromatic rings. The molecule has 0 amide bonds. The molecule has 1 fully saturated rings. The summed E-state index contributed by atoms with van der Waals surface area (Å²) in [5, 5.41) is 0.819. The van der Waals surface area contributed by atoms with Crippen LogP contribution < -0.4 is 4.90 Å². The highest BCUT2D eigenvalue weighted by Gasteiger charge is 2.16. The summed E-state index contributed by atoms with van der Waals surface area (Å²) in [4.78, 5) is 2.39. The van der Waals surface area contributed by atoms with E-state index < -0.39 is 0 Å². The maximum absolute atomic E-state index is 5.98. The maximum Gasteiger partial charge on any atom is 0.0426 e. The third-order valence-electron chi connectivity index (χ3n) is 2.67. The van der Waals surface area contributed by atoms with Gasteiger partial charge in [0.25, 0.3) is 0 Å². The second kappa shape index (κ2) is 5.10. The largest absolute Gasteiger partial charge is 0.369 e. The fourth-order valence-electron chi connectivity index (χ4n) is 1.80. The Labute approximate surface area is 100 Å². The van der Waals surface area contributed by atoms with Crippen molar-refractivity contribution in [1.29, 1.82) is 0 Å². The van der Waals surface area contributed by atoms with Crippen molar-refractivity contribution in [1.82, 2.24) is 4.31 Å². The number of nitrogens with zero attached hydrogens (tertiary/aromatic N) is 2. The van der Waals surface area contributed by atoms with Crippen molar-refractivity contribution in [2.24, 2.45) is 0 Å². The lowest BCUT2D eigenvalue weighted by Gasteiger charge is -2.34. The van der Waals surface area contributed by atoms with Crippen molar-refractivity contribution in [3.63, 3.8) is 0 Å². The fourth-order valence-corrected chi connectivity index (χ4v) is 2.51. The first-order chi connectivity index (χ1) is 7.29. The van der Waals surface area contributed by atoms with E-state index in [9.17, 15) is 0 Å². The topological polar surface area (TPSA) is 6.48 Å². The van der Waals surface area contributed by atoms with Gasteiger partial charge in [-0.2, -0.15) is 0 Å². The molecular weight excluding hydrogens is 228 g/mol. The highest BCUT2D eigenvalue weighted by Crippen LogP contribution is 2.21. The average Bonchev–Trinajstić information content (AvgIpc) is 2.29. The van der Waals surface area contributed by atoms with Crippen LogP contribution in [0.5, 0.6) is 0 Å². The molecule has 0 aromatic heterocycles. The van der Waals surface area contributed by atoms with Crippen LogP contribution in [0.25, 0.3) is 0 Å². The van der Waals surface area contributed by atoms with Gasteiger partial charge in [-0.25, -0.2) is 4.31 Å². The predicted octanol–water partition coefficient (Wildman–Crippen LogP) is 2.74. The molecule has 1 aliphatic rings. The quantitative estimate of drug-likeness (QED) is 0.737. The van der Waals surface area contributed by atoms with E-state index in [-0.39, 0.29) is 0 Å². The summed E-state index contributed by atoms with van der Waals surface area (Å²) >= 11 is 7.81. The molecule has 82 valence electrons. The lowest BCUT2D eigenvalue weighted by molar-refractivity contribution is 0.431. The minimum Gasteiger partial charge on any atom is -0.369 e. The van der Waals surface area contributed by atoms with Crippen LogP contribution in [0.1, 0.15) is 0 Å². The SMILES string of the molecule is CSN1CCN(c2cccc(Cl)c2)CC1. The second-order valence-electron chi connectivity index (χ2n) is 3.58. The summed E-state index contributed by atoms with van der Waals surface area (Å²) in [6, 6.07) is 8.10. The summed E-state index contributed by atoms with van der Waals surface area (Å²) in [7, 11) is 0. The van der Waals surface area contributed by atoms with Gasteiger partial charge in [-0.05, 0) is 24.5 Å². The molecule has 1 aliphatic heterocycles. The van der Waals surface area contributed by atoms with Gasteiger partial charge in [0, 0.05) is 36.9 Å². The van der Waals surface area contributed by atoms with Gasteiger partial charge >= 0.3 is 0 Å². The van der Waals surface area contributed by atoms with Crippen LogP contribution in [0.15, 0.2) is 24.3 Å². The van der Waals surface area contributed by atoms with Gasteiger partial charge in [-0.15, -0.1) is 0 Å². The molecule has 2 rings (SSSR count). The molecule has 15 heavy (non-hydrogen) atoms. The van der Waals surface area contributed by atoms with Gasteiger partial charge in [-0.3, -0.25) is 0 Å². The van der Waals surface area contributed by atoms with Crippen molar-refractivity contribution in [3.05, 3.63) is 29.3 Å². The summed E-state index contributed by atoms with van der Waals surface area (Å²) in [5.41, 5.74) is 1.24. The minimum absolute atomic E-state index is 0.819. The number of hydrogen-bond donors (Lipinski definition) is 0. The molecule has 0 saturated carbocycles. The number of halogens is 1. The van der Waals surface area contributed by atoms with Crippen molar-refractivity contribution in [2.45, 2.75) is 0 Å². The fraction of sp³-hybridized carbons (Fsp3) is 0.455. The maximum atomic E-state index is 5.98. The molecular formula is C11H15ClN2S. The third kappa shape index (κ3) is 2.80. The minimum atomic E-state index is 0.819. The molecule has 0 spiro atoms. The molecule has 1 heterocycles. The van der Waals surface area contributed by atoms with Crippen LogP contribution in [0.4, 0.5) is 5.69 Å². The second-order valence-corrected chi connectivity index (χ2v) is 4.90. The van der Waals surface area contributed by atoms with Gasteiger partial charge in [0.15, 0.2) is 0 Å². The first-order valence-electron chi connectivity index (χ1n) is 5.09. The Morgan fingerprint density at radius 2 is 1.93 bits per heavy atom. The number of hydrogen-bond acceptors (Lipinski definition) is 3. The zero-order valence-corrected chi connectivity index (χ0v) is 10.4. The predicted molar refractivity (Wildman–Crippen MR) is 68.8 cm³/mol. The first-order valence-corrected chi connectivity index (χ1v) is 6.65. The van der Waals surface area contributed by atoms with Crippen molar-refractivity contribution < 1.29 is 0 Å². The van der Waals surface area contributed by atoms with Crippen LogP contribution in [-0.2, 0) is 0 Å². The molecule has 0 bridgehead atoms. The molecule has 0 unspecified atom stereocenters. The van der Waals surface area contributed by atoms with Gasteiger partial charge in [0.2, 0.25) is 0 Å². The number of benzene rings is 1. The van der Waals surface area contributed by atoms with Gasteiger partial charge in [-0.1, -0.05) is 29.6 Å². The van der Waals surface area contributed by atoms with E-state index in [1.54, 1.807) is 0 Å². The molecule has 1 aromatic carbocycles. The van der Waals surface area contributed by atoms with E-state index in [1.807, 2.05) is 30.1 Å². The van der Waals surface area contributed by atoms with E-state index >= 15 is 0 Å². The highest BCUT2D eigenvalue weighted by atomic mass is 35.5. The Balaban J connectivity index is 2.01. The van der Waals surface area contributed by atoms with Gasteiger partial charge in [0.05, 0.1) is 0 Å². The molecule has 0 N–H and O–H groups in total. The number of piperazine rings is 1. The number of anilines is 1. The van der Waals surface area contributed by atoms with Crippen LogP contribution in [0.3, 0.4) is 0 Å². The van der Waals surface area contributed by atoms with Crippen LogP contribution in [0.2, 0.25) is 5.02 Å². The van der Waals surface area contributed by atoms with Crippen LogP contribution in [-0.4, -0.2) is 36.7 Å². The average molecular weight is 243 g/mol. The molecule has 2 nitrogen and oxygen atoms in total. The Morgan fingerprint density at radius 3 is 2.53 bits per heavy atom. The molecule has 1 saturated heterocycles. The summed E-state index contributed by atoms with van der Waals surface area (Å²) in [5.74, 6) is 0. The molecule has 0 atom stereocenters. The first kappa shape index (κ1) is 11.1. The zero-order valence-electron chi connectivity index (χ0n) is 8.82. The Kier molecular flexibility index (Phi) is 3.78. The summed E-state index contributed by atoms with van der Waals surface area (Å²) in [6.45, 7) is 4.41. The summed E-state index contributed by atoms with van der Waals surface area (Å²) < 4.78 is 2.39.